The quantitative estimate of drug-likeness (QED) is 0.757. The molecule has 17 heavy (non-hydrogen) atoms. The van der Waals surface area contributed by atoms with Crippen LogP contribution in [0.25, 0.3) is 10.9 Å². The molecule has 0 aliphatic rings. The number of nitrogens with one attached hydrogen (secondary N) is 1. The molecule has 4 N–H and O–H groups in total. The zero-order chi connectivity index (χ0) is 12.4. The van der Waals surface area contributed by atoms with Gasteiger partial charge in [0.05, 0.1) is 7.11 Å². The molecule has 2 rings (SSSR count). The molecule has 4 nitrogen and oxygen atoms in total. The highest BCUT2D eigenvalue weighted by Crippen LogP contribution is 2.29. The number of hydrogen-bond donors (Lipinski definition) is 3. The van der Waals surface area contributed by atoms with Gasteiger partial charge in [-0.05, 0) is 24.6 Å². The van der Waals surface area contributed by atoms with E-state index in [9.17, 15) is 5.11 Å². The third-order valence-corrected chi connectivity index (χ3v) is 3.06. The largest absolute Gasteiger partial charge is 0.496 e. The molecule has 0 aliphatic heterocycles. The fourth-order valence-corrected chi connectivity index (χ4v) is 1.94. The van der Waals surface area contributed by atoms with Crippen molar-refractivity contribution in [3.8, 4) is 5.75 Å². The Kier molecular flexibility index (Phi) is 3.36. The molecule has 0 saturated heterocycles. The maximum absolute atomic E-state index is 10.1. The van der Waals surface area contributed by atoms with Crippen molar-refractivity contribution in [2.24, 2.45) is 5.73 Å². The van der Waals surface area contributed by atoms with Gasteiger partial charge in [0.15, 0.2) is 0 Å². The van der Waals surface area contributed by atoms with E-state index in [1.807, 2.05) is 31.2 Å². The van der Waals surface area contributed by atoms with Crippen LogP contribution in [-0.4, -0.2) is 23.2 Å². The number of fused-ring (bicyclic) bond motifs is 1. The number of hydrogen-bond acceptors (Lipinski definition) is 3. The second-order valence-corrected chi connectivity index (χ2v) is 4.16. The van der Waals surface area contributed by atoms with E-state index in [0.29, 0.717) is 0 Å². The van der Waals surface area contributed by atoms with E-state index in [4.69, 9.17) is 10.5 Å². The van der Waals surface area contributed by atoms with Gasteiger partial charge in [0, 0.05) is 22.6 Å². The van der Waals surface area contributed by atoms with Gasteiger partial charge >= 0.3 is 0 Å². The van der Waals surface area contributed by atoms with Crippen molar-refractivity contribution < 1.29 is 9.84 Å². The minimum absolute atomic E-state index is 0.256. The van der Waals surface area contributed by atoms with Gasteiger partial charge in [-0.15, -0.1) is 0 Å². The van der Waals surface area contributed by atoms with Crippen molar-refractivity contribution in [2.75, 3.05) is 7.11 Å². The first-order valence-electron chi connectivity index (χ1n) is 5.76. The fourth-order valence-electron chi connectivity index (χ4n) is 1.94. The molecule has 1 aromatic heterocycles. The van der Waals surface area contributed by atoms with Crippen molar-refractivity contribution in [1.29, 1.82) is 0 Å². The van der Waals surface area contributed by atoms with Crippen LogP contribution >= 0.6 is 0 Å². The molecule has 2 aromatic rings. The highest BCUT2D eigenvalue weighted by Gasteiger charge is 2.18. The number of aliphatic hydroxyl groups is 1. The minimum atomic E-state index is -0.669. The van der Waals surface area contributed by atoms with E-state index in [2.05, 4.69) is 4.98 Å². The molecular formula is C13H18N2O2. The third-order valence-electron chi connectivity index (χ3n) is 3.06. The van der Waals surface area contributed by atoms with Crippen LogP contribution in [0.1, 0.15) is 25.1 Å². The Balaban J connectivity index is 2.44. The summed E-state index contributed by atoms with van der Waals surface area (Å²) in [7, 11) is 1.63. The number of aromatic nitrogens is 1. The summed E-state index contributed by atoms with van der Waals surface area (Å²) in [5.41, 5.74) is 7.52. The van der Waals surface area contributed by atoms with Gasteiger partial charge in [0.2, 0.25) is 0 Å². The maximum Gasteiger partial charge on any atom is 0.128 e. The molecule has 0 bridgehead atoms. The van der Waals surface area contributed by atoms with Gasteiger partial charge in [0.1, 0.15) is 11.9 Å². The topological polar surface area (TPSA) is 71.3 Å². The summed E-state index contributed by atoms with van der Waals surface area (Å²) in [5.74, 6) is 0.794. The Hall–Kier alpha value is -1.52. The summed E-state index contributed by atoms with van der Waals surface area (Å²) in [4.78, 5) is 3.18. The average Bonchev–Trinajstić information content (AvgIpc) is 2.80. The van der Waals surface area contributed by atoms with Crippen molar-refractivity contribution in [2.45, 2.75) is 25.5 Å². The lowest BCUT2D eigenvalue weighted by molar-refractivity contribution is 0.141. The highest BCUT2D eigenvalue weighted by molar-refractivity contribution is 5.86. The molecule has 0 radical (unpaired) electrons. The summed E-state index contributed by atoms with van der Waals surface area (Å²) in [6, 6.07) is 7.40. The molecule has 1 heterocycles. The molecule has 0 amide bonds. The lowest BCUT2D eigenvalue weighted by Gasteiger charge is -2.15. The van der Waals surface area contributed by atoms with Crippen LogP contribution in [0, 0.1) is 0 Å². The molecule has 2 atom stereocenters. The Morgan fingerprint density at radius 2 is 2.24 bits per heavy atom. The van der Waals surface area contributed by atoms with Gasteiger partial charge in [-0.25, -0.2) is 0 Å². The van der Waals surface area contributed by atoms with E-state index in [0.717, 1.165) is 28.8 Å². The normalized spacial score (nSPS) is 14.8. The van der Waals surface area contributed by atoms with Crippen LogP contribution in [0.4, 0.5) is 0 Å². The Morgan fingerprint density at radius 1 is 1.47 bits per heavy atom. The molecule has 0 spiro atoms. The molecule has 0 fully saturated rings. The minimum Gasteiger partial charge on any atom is -0.496 e. The second kappa shape index (κ2) is 4.77. The second-order valence-electron chi connectivity index (χ2n) is 4.16. The van der Waals surface area contributed by atoms with E-state index < -0.39 is 6.10 Å². The SMILES string of the molecule is CCC(N)C(O)c1cc2c(OC)cccc2[nH]1. The van der Waals surface area contributed by atoms with Gasteiger partial charge in [-0.1, -0.05) is 13.0 Å². The number of benzene rings is 1. The molecule has 92 valence electrons. The van der Waals surface area contributed by atoms with E-state index in [-0.39, 0.29) is 6.04 Å². The Labute approximate surface area is 100 Å². The van der Waals surface area contributed by atoms with E-state index >= 15 is 0 Å². The number of H-pyrrole nitrogens is 1. The maximum atomic E-state index is 10.1. The van der Waals surface area contributed by atoms with Crippen LogP contribution in [0.5, 0.6) is 5.75 Å². The number of rotatable bonds is 4. The molecular weight excluding hydrogens is 216 g/mol. The third kappa shape index (κ3) is 2.14. The fraction of sp³-hybridized carbons (Fsp3) is 0.385. The smallest absolute Gasteiger partial charge is 0.128 e. The lowest BCUT2D eigenvalue weighted by Crippen LogP contribution is -2.27. The number of aliphatic hydroxyl groups excluding tert-OH is 1. The summed E-state index contributed by atoms with van der Waals surface area (Å²) in [6.45, 7) is 1.96. The van der Waals surface area contributed by atoms with Crippen LogP contribution < -0.4 is 10.5 Å². The molecule has 0 aliphatic carbocycles. The number of methoxy groups -OCH3 is 1. The van der Waals surface area contributed by atoms with Crippen LogP contribution in [-0.2, 0) is 0 Å². The first-order valence-corrected chi connectivity index (χ1v) is 5.76. The average molecular weight is 234 g/mol. The van der Waals surface area contributed by atoms with Crippen molar-refractivity contribution in [1.82, 2.24) is 4.98 Å². The number of ether oxygens (including phenoxy) is 1. The molecule has 1 aromatic carbocycles. The zero-order valence-electron chi connectivity index (χ0n) is 10.1. The number of nitrogens with two attached hydrogens (primary N) is 1. The number of aromatic amines is 1. The Bertz CT molecular complexity index is 507. The molecule has 0 saturated carbocycles. The van der Waals surface area contributed by atoms with E-state index in [1.165, 1.54) is 0 Å². The summed E-state index contributed by atoms with van der Waals surface area (Å²) >= 11 is 0. The molecule has 4 heteroatoms. The monoisotopic (exact) mass is 234 g/mol. The van der Waals surface area contributed by atoms with Crippen molar-refractivity contribution in [3.05, 3.63) is 30.0 Å². The predicted molar refractivity (Wildman–Crippen MR) is 68.1 cm³/mol. The zero-order valence-corrected chi connectivity index (χ0v) is 10.1. The van der Waals surface area contributed by atoms with Crippen LogP contribution in [0.3, 0.4) is 0 Å². The first-order chi connectivity index (χ1) is 8.17. The summed E-state index contributed by atoms with van der Waals surface area (Å²) in [5, 5.41) is 11.0. The van der Waals surface area contributed by atoms with Crippen LogP contribution in [0.15, 0.2) is 24.3 Å². The van der Waals surface area contributed by atoms with Crippen molar-refractivity contribution >= 4 is 10.9 Å². The van der Waals surface area contributed by atoms with Gasteiger partial charge in [0.25, 0.3) is 0 Å². The predicted octanol–water partition coefficient (Wildman–Crippen LogP) is 1.95. The lowest BCUT2D eigenvalue weighted by atomic mass is 10.1. The summed E-state index contributed by atoms with van der Waals surface area (Å²) in [6.07, 6.45) is 0.0605. The Morgan fingerprint density at radius 3 is 2.88 bits per heavy atom. The standard InChI is InChI=1S/C13H18N2O2/c1-3-9(14)13(16)11-7-8-10(15-11)5-4-6-12(8)17-2/h4-7,9,13,15-16H,3,14H2,1-2H3. The summed E-state index contributed by atoms with van der Waals surface area (Å²) < 4.78 is 5.27. The first kappa shape index (κ1) is 12.0. The molecule has 2 unspecified atom stereocenters. The van der Waals surface area contributed by atoms with Crippen LogP contribution in [0.2, 0.25) is 0 Å². The van der Waals surface area contributed by atoms with Gasteiger partial charge < -0.3 is 20.6 Å². The van der Waals surface area contributed by atoms with Gasteiger partial charge in [-0.2, -0.15) is 0 Å². The van der Waals surface area contributed by atoms with E-state index in [1.54, 1.807) is 7.11 Å². The van der Waals surface area contributed by atoms with Crippen molar-refractivity contribution in [3.63, 3.8) is 0 Å². The highest BCUT2D eigenvalue weighted by atomic mass is 16.5. The van der Waals surface area contributed by atoms with Gasteiger partial charge in [-0.3, -0.25) is 0 Å².